The highest BCUT2D eigenvalue weighted by molar-refractivity contribution is 6.32. The number of nitrogen functional groups attached to an aromatic ring is 1. The molecule has 0 aliphatic carbocycles. The van der Waals surface area contributed by atoms with Crippen LogP contribution in [0.25, 0.3) is 0 Å². The Balaban J connectivity index is 1.69. The molecule has 7 heteroatoms. The Kier molecular flexibility index (Phi) is 5.47. The van der Waals surface area contributed by atoms with E-state index in [4.69, 9.17) is 22.1 Å². The number of carbonyl (C=O) groups is 1. The van der Waals surface area contributed by atoms with Crippen LogP contribution in [0.3, 0.4) is 0 Å². The minimum atomic E-state index is -0.524. The average Bonchev–Trinajstić information content (AvgIpc) is 2.63. The van der Waals surface area contributed by atoms with E-state index in [1.54, 1.807) is 24.3 Å². The second kappa shape index (κ2) is 7.97. The largest absolute Gasteiger partial charge is 0.507 e. The van der Waals surface area contributed by atoms with E-state index < -0.39 is 5.91 Å². The molecule has 1 amide bonds. The molecule has 3 aromatic carbocycles. The van der Waals surface area contributed by atoms with Crippen molar-refractivity contribution in [2.24, 2.45) is 0 Å². The van der Waals surface area contributed by atoms with Gasteiger partial charge in [0.15, 0.2) is 0 Å². The Morgan fingerprint density at radius 1 is 1.15 bits per heavy atom. The molecule has 3 aromatic rings. The van der Waals surface area contributed by atoms with Gasteiger partial charge in [-0.15, -0.1) is 0 Å². The molecule has 0 unspecified atom stereocenters. The van der Waals surface area contributed by atoms with Gasteiger partial charge >= 0.3 is 0 Å². The molecule has 138 valence electrons. The van der Waals surface area contributed by atoms with E-state index in [9.17, 15) is 14.3 Å². The number of anilines is 2. The molecule has 0 aliphatic rings. The van der Waals surface area contributed by atoms with E-state index in [2.05, 4.69) is 5.32 Å². The molecule has 0 radical (unpaired) electrons. The lowest BCUT2D eigenvalue weighted by Gasteiger charge is -2.11. The van der Waals surface area contributed by atoms with Crippen LogP contribution in [0.2, 0.25) is 5.02 Å². The summed E-state index contributed by atoms with van der Waals surface area (Å²) >= 11 is 6.19. The Morgan fingerprint density at radius 3 is 2.70 bits per heavy atom. The van der Waals surface area contributed by atoms with Gasteiger partial charge in [0.25, 0.3) is 5.91 Å². The quantitative estimate of drug-likeness (QED) is 0.442. The molecule has 0 heterocycles. The van der Waals surface area contributed by atoms with Gasteiger partial charge in [0.05, 0.1) is 10.6 Å². The van der Waals surface area contributed by atoms with Crippen molar-refractivity contribution in [3.05, 3.63) is 82.6 Å². The predicted octanol–water partition coefficient (Wildman–Crippen LogP) is 4.60. The number of aromatic hydroxyl groups is 1. The van der Waals surface area contributed by atoms with Gasteiger partial charge in [-0.3, -0.25) is 4.79 Å². The average molecular weight is 387 g/mol. The summed E-state index contributed by atoms with van der Waals surface area (Å²) in [6, 6.07) is 15.0. The summed E-state index contributed by atoms with van der Waals surface area (Å²) in [5.41, 5.74) is 7.14. The maximum Gasteiger partial charge on any atom is 0.259 e. The van der Waals surface area contributed by atoms with Gasteiger partial charge in [-0.1, -0.05) is 23.7 Å². The van der Waals surface area contributed by atoms with E-state index in [0.29, 0.717) is 22.7 Å². The van der Waals surface area contributed by atoms with Gasteiger partial charge in [-0.25, -0.2) is 4.39 Å². The summed E-state index contributed by atoms with van der Waals surface area (Å²) in [7, 11) is 0. The number of hydrogen-bond donors (Lipinski definition) is 3. The summed E-state index contributed by atoms with van der Waals surface area (Å²) in [5, 5.41) is 12.7. The zero-order chi connectivity index (χ0) is 19.4. The predicted molar refractivity (Wildman–Crippen MR) is 103 cm³/mol. The van der Waals surface area contributed by atoms with Crippen LogP contribution in [0, 0.1) is 5.82 Å². The molecule has 0 fully saturated rings. The molecular weight excluding hydrogens is 371 g/mol. The van der Waals surface area contributed by atoms with Gasteiger partial charge in [-0.2, -0.15) is 0 Å². The van der Waals surface area contributed by atoms with Gasteiger partial charge in [-0.05, 0) is 54.1 Å². The van der Waals surface area contributed by atoms with Crippen molar-refractivity contribution in [1.29, 1.82) is 0 Å². The van der Waals surface area contributed by atoms with Crippen LogP contribution in [-0.2, 0) is 6.61 Å². The van der Waals surface area contributed by atoms with Crippen LogP contribution >= 0.6 is 11.6 Å². The number of halogens is 2. The third-order valence-corrected chi connectivity index (χ3v) is 4.03. The highest BCUT2D eigenvalue weighted by atomic mass is 35.5. The zero-order valence-electron chi connectivity index (χ0n) is 14.1. The van der Waals surface area contributed by atoms with Crippen LogP contribution in [0.5, 0.6) is 11.5 Å². The van der Waals surface area contributed by atoms with E-state index in [1.165, 1.54) is 36.4 Å². The van der Waals surface area contributed by atoms with Crippen molar-refractivity contribution in [2.45, 2.75) is 6.61 Å². The first-order valence-corrected chi connectivity index (χ1v) is 8.37. The highest BCUT2D eigenvalue weighted by Gasteiger charge is 2.13. The number of nitrogens with two attached hydrogens (primary N) is 1. The second-order valence-electron chi connectivity index (χ2n) is 5.79. The third-order valence-electron chi connectivity index (χ3n) is 3.74. The van der Waals surface area contributed by atoms with Crippen molar-refractivity contribution in [2.75, 3.05) is 11.1 Å². The number of carbonyl (C=O) groups excluding carboxylic acids is 1. The molecule has 0 saturated heterocycles. The minimum absolute atomic E-state index is 0.0533. The standard InChI is InChI=1S/C20H16ClFN2O3/c21-17-10-15(24-20(26)16-9-14(23)4-6-18(16)25)5-7-19(17)27-11-12-2-1-3-13(22)8-12/h1-10,25H,11,23H2,(H,24,26). The van der Waals surface area contributed by atoms with Crippen molar-refractivity contribution in [3.8, 4) is 11.5 Å². The number of rotatable bonds is 5. The molecule has 0 aromatic heterocycles. The molecule has 0 saturated carbocycles. The first kappa shape index (κ1) is 18.5. The highest BCUT2D eigenvalue weighted by Crippen LogP contribution is 2.29. The summed E-state index contributed by atoms with van der Waals surface area (Å²) in [6.07, 6.45) is 0. The van der Waals surface area contributed by atoms with E-state index >= 15 is 0 Å². The fourth-order valence-electron chi connectivity index (χ4n) is 2.42. The van der Waals surface area contributed by atoms with Gasteiger partial charge in [0.1, 0.15) is 23.9 Å². The molecule has 0 aliphatic heterocycles. The van der Waals surface area contributed by atoms with E-state index in [-0.39, 0.29) is 28.8 Å². The molecule has 3 rings (SSSR count). The molecular formula is C20H16ClFN2O3. The van der Waals surface area contributed by atoms with Gasteiger partial charge in [0.2, 0.25) is 0 Å². The number of ether oxygens (including phenoxy) is 1. The number of hydrogen-bond acceptors (Lipinski definition) is 4. The SMILES string of the molecule is Nc1ccc(O)c(C(=O)Nc2ccc(OCc3cccc(F)c3)c(Cl)c2)c1. The van der Waals surface area contributed by atoms with Gasteiger partial charge in [0, 0.05) is 11.4 Å². The number of amides is 1. The monoisotopic (exact) mass is 386 g/mol. The van der Waals surface area contributed by atoms with Crippen LogP contribution < -0.4 is 15.8 Å². The van der Waals surface area contributed by atoms with Crippen LogP contribution in [0.15, 0.2) is 60.7 Å². The molecule has 5 nitrogen and oxygen atoms in total. The summed E-state index contributed by atoms with van der Waals surface area (Å²) in [4.78, 5) is 12.3. The Bertz CT molecular complexity index is 995. The van der Waals surface area contributed by atoms with Crippen LogP contribution in [0.4, 0.5) is 15.8 Å². The van der Waals surface area contributed by atoms with Crippen molar-refractivity contribution in [3.63, 3.8) is 0 Å². The van der Waals surface area contributed by atoms with Crippen molar-refractivity contribution < 1.29 is 19.0 Å². The lowest BCUT2D eigenvalue weighted by Crippen LogP contribution is -2.12. The second-order valence-corrected chi connectivity index (χ2v) is 6.20. The minimum Gasteiger partial charge on any atom is -0.507 e. The smallest absolute Gasteiger partial charge is 0.259 e. The maximum absolute atomic E-state index is 13.2. The summed E-state index contributed by atoms with van der Waals surface area (Å²) in [6.45, 7) is 0.153. The molecule has 27 heavy (non-hydrogen) atoms. The first-order chi connectivity index (χ1) is 12.9. The molecule has 0 spiro atoms. The lowest BCUT2D eigenvalue weighted by atomic mass is 10.1. The summed E-state index contributed by atoms with van der Waals surface area (Å²) < 4.78 is 18.8. The van der Waals surface area contributed by atoms with Crippen LogP contribution in [-0.4, -0.2) is 11.0 Å². The van der Waals surface area contributed by atoms with E-state index in [1.807, 2.05) is 0 Å². The van der Waals surface area contributed by atoms with Crippen LogP contribution in [0.1, 0.15) is 15.9 Å². The fraction of sp³-hybridized carbons (Fsp3) is 0.0500. The Hall–Kier alpha value is -3.25. The zero-order valence-corrected chi connectivity index (χ0v) is 14.8. The number of phenolic OH excluding ortho intramolecular Hbond substituents is 1. The van der Waals surface area contributed by atoms with Crippen molar-refractivity contribution in [1.82, 2.24) is 0 Å². The number of phenols is 1. The lowest BCUT2D eigenvalue weighted by molar-refractivity contribution is 0.102. The fourth-order valence-corrected chi connectivity index (χ4v) is 2.65. The molecule has 4 N–H and O–H groups in total. The third kappa shape index (κ3) is 4.68. The Morgan fingerprint density at radius 2 is 1.96 bits per heavy atom. The van der Waals surface area contributed by atoms with Gasteiger partial charge < -0.3 is 20.9 Å². The molecule has 0 atom stereocenters. The normalized spacial score (nSPS) is 10.4. The number of benzene rings is 3. The topological polar surface area (TPSA) is 84.6 Å². The maximum atomic E-state index is 13.2. The summed E-state index contributed by atoms with van der Waals surface area (Å²) in [5.74, 6) is -0.650. The van der Waals surface area contributed by atoms with E-state index in [0.717, 1.165) is 0 Å². The molecule has 0 bridgehead atoms. The van der Waals surface area contributed by atoms with Crippen molar-refractivity contribution >= 4 is 28.9 Å². The first-order valence-electron chi connectivity index (χ1n) is 7.99. The Labute approximate surface area is 160 Å². The number of nitrogens with one attached hydrogen (secondary N) is 1.